The van der Waals surface area contributed by atoms with Crippen LogP contribution in [0, 0.1) is 11.8 Å². The van der Waals surface area contributed by atoms with Crippen LogP contribution in [0.2, 0.25) is 15.1 Å². The predicted molar refractivity (Wildman–Crippen MR) is 129 cm³/mol. The lowest BCUT2D eigenvalue weighted by Gasteiger charge is -2.23. The number of anilines is 2. The van der Waals surface area contributed by atoms with Crippen molar-refractivity contribution in [1.29, 1.82) is 0 Å². The Kier molecular flexibility index (Phi) is 8.07. The topological polar surface area (TPSA) is 88.2 Å². The molecule has 7 nitrogen and oxygen atoms in total. The van der Waals surface area contributed by atoms with Crippen molar-refractivity contribution >= 4 is 52.3 Å². The third-order valence-corrected chi connectivity index (χ3v) is 6.74. The lowest BCUT2D eigenvalue weighted by molar-refractivity contribution is -0.120. The van der Waals surface area contributed by atoms with E-state index in [1.165, 1.54) is 6.20 Å². The second kappa shape index (κ2) is 11.0. The van der Waals surface area contributed by atoms with Crippen LogP contribution < -0.4 is 16.0 Å². The Hall–Kier alpha value is -1.64. The highest BCUT2D eigenvalue weighted by Crippen LogP contribution is 2.37. The van der Waals surface area contributed by atoms with Gasteiger partial charge in [-0.25, -0.2) is 9.97 Å². The van der Waals surface area contributed by atoms with Crippen LogP contribution in [0.3, 0.4) is 0 Å². The smallest absolute Gasteiger partial charge is 0.229 e. The van der Waals surface area contributed by atoms with Crippen molar-refractivity contribution < 1.29 is 9.53 Å². The fraction of sp³-hybridized carbons (Fsp3) is 0.500. The number of ether oxygens (including phenoxy) is 1. The van der Waals surface area contributed by atoms with Crippen molar-refractivity contribution in [2.24, 2.45) is 11.8 Å². The largest absolute Gasteiger partial charge is 0.381 e. The van der Waals surface area contributed by atoms with Crippen LogP contribution in [0.25, 0.3) is 11.3 Å². The Balaban J connectivity index is 1.53. The molecule has 0 unspecified atom stereocenters. The molecule has 2 saturated heterocycles. The van der Waals surface area contributed by atoms with Gasteiger partial charge in [0.15, 0.2) is 0 Å². The summed E-state index contributed by atoms with van der Waals surface area (Å²) in [4.78, 5) is 21.5. The van der Waals surface area contributed by atoms with E-state index in [9.17, 15) is 4.79 Å². The fourth-order valence-electron chi connectivity index (χ4n) is 3.96. The van der Waals surface area contributed by atoms with Crippen molar-refractivity contribution in [1.82, 2.24) is 15.3 Å². The molecule has 172 valence electrons. The van der Waals surface area contributed by atoms with Gasteiger partial charge in [-0.3, -0.25) is 4.79 Å². The summed E-state index contributed by atoms with van der Waals surface area (Å²) in [6.45, 7) is 3.91. The number of nitrogens with zero attached hydrogens (tertiary/aromatic N) is 2. The van der Waals surface area contributed by atoms with Crippen LogP contribution in [0.1, 0.15) is 25.7 Å². The number of piperidine rings is 1. The van der Waals surface area contributed by atoms with Gasteiger partial charge in [0.05, 0.1) is 26.7 Å². The maximum absolute atomic E-state index is 12.6. The van der Waals surface area contributed by atoms with Crippen LogP contribution in [-0.2, 0) is 9.53 Å². The van der Waals surface area contributed by atoms with Gasteiger partial charge in [-0.05, 0) is 50.3 Å². The minimum atomic E-state index is -0.0806. The lowest BCUT2D eigenvalue weighted by Crippen LogP contribution is -2.37. The van der Waals surface area contributed by atoms with Crippen molar-refractivity contribution in [3.05, 3.63) is 33.4 Å². The zero-order valence-corrected chi connectivity index (χ0v) is 19.9. The van der Waals surface area contributed by atoms with Gasteiger partial charge < -0.3 is 20.7 Å². The molecule has 2 aromatic heterocycles. The monoisotopic (exact) mass is 497 g/mol. The van der Waals surface area contributed by atoms with Crippen LogP contribution >= 0.6 is 34.8 Å². The summed E-state index contributed by atoms with van der Waals surface area (Å²) < 4.78 is 5.42. The van der Waals surface area contributed by atoms with Gasteiger partial charge in [0.25, 0.3) is 0 Å². The number of carbonyl (C=O) groups is 1. The second-order valence-electron chi connectivity index (χ2n) is 8.17. The number of halogens is 3. The molecular formula is C22H26Cl3N5O2. The van der Waals surface area contributed by atoms with Crippen LogP contribution in [0.15, 0.2) is 18.3 Å². The van der Waals surface area contributed by atoms with Crippen LogP contribution in [0.4, 0.5) is 11.6 Å². The first-order chi connectivity index (χ1) is 15.5. The number of amides is 1. The molecule has 2 aliphatic rings. The molecule has 4 heterocycles. The molecule has 0 aliphatic carbocycles. The zero-order valence-electron chi connectivity index (χ0n) is 17.6. The highest BCUT2D eigenvalue weighted by Gasteiger charge is 2.22. The van der Waals surface area contributed by atoms with E-state index in [1.54, 1.807) is 12.1 Å². The van der Waals surface area contributed by atoms with Crippen LogP contribution in [-0.4, -0.2) is 48.7 Å². The van der Waals surface area contributed by atoms with Gasteiger partial charge in [-0.1, -0.05) is 34.8 Å². The van der Waals surface area contributed by atoms with Crippen LogP contribution in [0.5, 0.6) is 0 Å². The first-order valence-electron chi connectivity index (χ1n) is 10.9. The first kappa shape index (κ1) is 23.5. The summed E-state index contributed by atoms with van der Waals surface area (Å²) in [7, 11) is 0. The average molecular weight is 499 g/mol. The van der Waals surface area contributed by atoms with Crippen molar-refractivity contribution in [3.63, 3.8) is 0 Å². The molecule has 10 heteroatoms. The van der Waals surface area contributed by atoms with E-state index in [-0.39, 0.29) is 11.8 Å². The maximum atomic E-state index is 12.6. The molecule has 2 aliphatic heterocycles. The van der Waals surface area contributed by atoms with Crippen molar-refractivity contribution in [3.8, 4) is 11.3 Å². The summed E-state index contributed by atoms with van der Waals surface area (Å²) in [6.07, 6.45) is 5.33. The molecule has 2 aromatic rings. The third kappa shape index (κ3) is 5.83. The second-order valence-corrected chi connectivity index (χ2v) is 9.39. The van der Waals surface area contributed by atoms with E-state index in [2.05, 4.69) is 25.9 Å². The van der Waals surface area contributed by atoms with Gasteiger partial charge in [-0.2, -0.15) is 0 Å². The van der Waals surface area contributed by atoms with E-state index in [0.717, 1.165) is 52.0 Å². The van der Waals surface area contributed by atoms with Gasteiger partial charge >= 0.3 is 0 Å². The molecule has 0 aromatic carbocycles. The standard InChI is InChI=1S/C22H26Cl3N5O2/c23-16-9-17(24)21(28-10-13-3-6-32-7-4-13)30-20(16)15-8-19(27-12-18(15)25)29-22(31)14-2-1-5-26-11-14/h8-9,12-14,26H,1-7,10-11H2,(H,28,30)(H,27,29,31)/t14-/m1/s1. The number of rotatable bonds is 6. The molecule has 0 saturated carbocycles. The maximum Gasteiger partial charge on any atom is 0.229 e. The number of hydrogen-bond acceptors (Lipinski definition) is 6. The minimum absolute atomic E-state index is 0.0630. The molecule has 0 bridgehead atoms. The zero-order chi connectivity index (χ0) is 22.5. The summed E-state index contributed by atoms with van der Waals surface area (Å²) >= 11 is 19.3. The fourth-order valence-corrected chi connectivity index (χ4v) is 4.68. The van der Waals surface area contributed by atoms with Gasteiger partial charge in [0, 0.05) is 38.1 Å². The Morgan fingerprint density at radius 2 is 1.94 bits per heavy atom. The summed E-state index contributed by atoms with van der Waals surface area (Å²) in [5.74, 6) is 1.31. The number of hydrogen-bond donors (Lipinski definition) is 3. The highest BCUT2D eigenvalue weighted by molar-refractivity contribution is 6.38. The summed E-state index contributed by atoms with van der Waals surface area (Å²) in [5, 5.41) is 10.7. The third-order valence-electron chi connectivity index (χ3n) is 5.86. The Morgan fingerprint density at radius 3 is 2.69 bits per heavy atom. The van der Waals surface area contributed by atoms with Gasteiger partial charge in [-0.15, -0.1) is 0 Å². The minimum Gasteiger partial charge on any atom is -0.381 e. The Morgan fingerprint density at radius 1 is 1.12 bits per heavy atom. The summed E-state index contributed by atoms with van der Waals surface area (Å²) in [6, 6.07) is 3.35. The SMILES string of the molecule is O=C(Nc1cc(-c2nc(NCC3CCOCC3)c(Cl)cc2Cl)c(Cl)cn1)[C@@H]1CCCNC1. The Labute approximate surface area is 202 Å². The van der Waals surface area contributed by atoms with E-state index < -0.39 is 0 Å². The van der Waals surface area contributed by atoms with Crippen molar-refractivity contribution in [2.75, 3.05) is 43.5 Å². The molecule has 0 radical (unpaired) electrons. The number of carbonyl (C=O) groups excluding carboxylic acids is 1. The van der Waals surface area contributed by atoms with Crippen molar-refractivity contribution in [2.45, 2.75) is 25.7 Å². The number of pyridine rings is 2. The van der Waals surface area contributed by atoms with E-state index in [0.29, 0.717) is 50.4 Å². The molecule has 32 heavy (non-hydrogen) atoms. The molecule has 0 spiro atoms. The predicted octanol–water partition coefficient (Wildman–Crippen LogP) is 4.88. The normalized spacial score (nSPS) is 19.5. The van der Waals surface area contributed by atoms with Gasteiger partial charge in [0.2, 0.25) is 5.91 Å². The number of aromatic nitrogens is 2. The molecule has 2 fully saturated rings. The number of nitrogens with one attached hydrogen (secondary N) is 3. The highest BCUT2D eigenvalue weighted by atomic mass is 35.5. The molecular weight excluding hydrogens is 473 g/mol. The van der Waals surface area contributed by atoms with Gasteiger partial charge in [0.1, 0.15) is 11.6 Å². The lowest BCUT2D eigenvalue weighted by atomic mass is 9.99. The van der Waals surface area contributed by atoms with E-state index >= 15 is 0 Å². The molecule has 1 amide bonds. The van der Waals surface area contributed by atoms with E-state index in [4.69, 9.17) is 39.5 Å². The average Bonchev–Trinajstić information content (AvgIpc) is 2.81. The summed E-state index contributed by atoms with van der Waals surface area (Å²) in [5.41, 5.74) is 1.06. The quantitative estimate of drug-likeness (QED) is 0.526. The first-order valence-corrected chi connectivity index (χ1v) is 12.0. The molecule has 4 rings (SSSR count). The molecule has 1 atom stereocenters. The van der Waals surface area contributed by atoms with E-state index in [1.807, 2.05) is 0 Å². The molecule has 3 N–H and O–H groups in total. The Bertz CT molecular complexity index is 963.